The molecule has 0 spiro atoms. The molecule has 2 aliphatic rings. The Morgan fingerprint density at radius 2 is 1.86 bits per heavy atom. The van der Waals surface area contributed by atoms with Crippen LogP contribution in [0.4, 0.5) is 14.5 Å². The molecule has 2 aromatic heterocycles. The number of carbonyl (C=O) groups excluding carboxylic acids is 2. The first kappa shape index (κ1) is 24.2. The number of fused-ring (bicyclic) bond motifs is 1. The number of carbonyl (C=O) groups is 2. The van der Waals surface area contributed by atoms with E-state index in [1.807, 2.05) is 0 Å². The summed E-state index contributed by atoms with van der Waals surface area (Å²) in [4.78, 5) is 26.1. The van der Waals surface area contributed by atoms with E-state index >= 15 is 0 Å². The monoisotopic (exact) mass is 515 g/mol. The zero-order valence-electron chi connectivity index (χ0n) is 19.5. The summed E-state index contributed by atoms with van der Waals surface area (Å²) in [5, 5.41) is 21.9. The zero-order valence-corrected chi connectivity index (χ0v) is 20.3. The number of aromatic nitrogens is 3. The van der Waals surface area contributed by atoms with Crippen LogP contribution in [-0.4, -0.2) is 33.6 Å². The maximum Gasteiger partial charge on any atom is 0.270 e. The van der Waals surface area contributed by atoms with E-state index < -0.39 is 41.5 Å². The van der Waals surface area contributed by atoms with E-state index in [1.54, 1.807) is 38.2 Å². The molecule has 2 heterocycles. The van der Waals surface area contributed by atoms with Crippen LogP contribution in [0.15, 0.2) is 48.8 Å². The number of nitrogens with one attached hydrogen (secondary N) is 2. The lowest BCUT2D eigenvalue weighted by Gasteiger charge is -2.26. The topological polar surface area (TPSA) is 103 Å². The molecule has 2 N–H and O–H groups in total. The molecule has 2 amide bonds. The molecule has 0 radical (unpaired) electrons. The zero-order chi connectivity index (χ0) is 25.8. The summed E-state index contributed by atoms with van der Waals surface area (Å²) in [6.07, 6.45) is 3.13. The molecule has 0 bridgehead atoms. The summed E-state index contributed by atoms with van der Waals surface area (Å²) in [5.41, 5.74) is 2.43. The molecule has 1 aromatic carbocycles. The lowest BCUT2D eigenvalue weighted by atomic mass is 9.92. The van der Waals surface area contributed by atoms with Crippen molar-refractivity contribution in [2.45, 2.75) is 31.7 Å². The van der Waals surface area contributed by atoms with Crippen LogP contribution in [-0.2, 0) is 11.8 Å². The maximum atomic E-state index is 13.8. The summed E-state index contributed by atoms with van der Waals surface area (Å²) in [6, 6.07) is 8.80. The molecular formula is C25H24ClF2N5O3. The van der Waals surface area contributed by atoms with Gasteiger partial charge in [0.05, 0.1) is 10.6 Å². The fourth-order valence-electron chi connectivity index (χ4n) is 5.23. The highest BCUT2D eigenvalue weighted by Gasteiger charge is 2.72. The van der Waals surface area contributed by atoms with Crippen molar-refractivity contribution in [3.05, 3.63) is 70.4 Å². The summed E-state index contributed by atoms with van der Waals surface area (Å²) >= 11 is 6.29. The summed E-state index contributed by atoms with van der Waals surface area (Å²) in [5.74, 6) is -5.56. The number of pyridine rings is 1. The Kier molecular flexibility index (Phi) is 5.94. The van der Waals surface area contributed by atoms with Crippen LogP contribution in [0.3, 0.4) is 0 Å². The molecule has 0 aliphatic heterocycles. The summed E-state index contributed by atoms with van der Waals surface area (Å²) in [7, 11) is 1.60. The third-order valence-corrected chi connectivity index (χ3v) is 7.62. The Hall–Kier alpha value is -3.53. The minimum Gasteiger partial charge on any atom is -0.618 e. The van der Waals surface area contributed by atoms with Gasteiger partial charge in [-0.3, -0.25) is 14.3 Å². The number of aryl methyl sites for hydroxylation is 1. The molecule has 4 atom stereocenters. The van der Waals surface area contributed by atoms with E-state index in [9.17, 15) is 23.6 Å². The number of hydrogen-bond donors (Lipinski definition) is 2. The van der Waals surface area contributed by atoms with Crippen molar-refractivity contribution in [2.75, 3.05) is 5.32 Å². The number of rotatable bonds is 6. The van der Waals surface area contributed by atoms with Gasteiger partial charge in [-0.25, -0.2) is 8.78 Å². The highest BCUT2D eigenvalue weighted by molar-refractivity contribution is 6.33. The molecule has 2 fully saturated rings. The Bertz CT molecular complexity index is 1330. The van der Waals surface area contributed by atoms with Gasteiger partial charge in [-0.1, -0.05) is 23.7 Å². The van der Waals surface area contributed by atoms with E-state index in [0.29, 0.717) is 27.5 Å². The highest BCUT2D eigenvalue weighted by Crippen LogP contribution is 2.66. The predicted molar refractivity (Wildman–Crippen MR) is 128 cm³/mol. The first-order chi connectivity index (χ1) is 17.1. The van der Waals surface area contributed by atoms with Crippen molar-refractivity contribution in [3.8, 4) is 11.1 Å². The first-order valence-electron chi connectivity index (χ1n) is 11.5. The van der Waals surface area contributed by atoms with Crippen molar-refractivity contribution < 1.29 is 23.1 Å². The smallest absolute Gasteiger partial charge is 0.270 e. The molecule has 11 heteroatoms. The van der Waals surface area contributed by atoms with Crippen molar-refractivity contribution in [1.29, 1.82) is 0 Å². The van der Waals surface area contributed by atoms with Gasteiger partial charge in [0.15, 0.2) is 11.9 Å². The number of amides is 2. The fourth-order valence-corrected chi connectivity index (χ4v) is 5.53. The molecular weight excluding hydrogens is 492 g/mol. The molecule has 2 saturated carbocycles. The number of halogens is 3. The SMILES string of the molecule is Cc1c(-c2ccc(NC(=O)[C@@H](NC(=O)c3ccnn3C)C3C[C@@H]4[C@H](C3)C4(F)F)cc2)c(Cl)cc[n+]1[O-]. The molecule has 0 saturated heterocycles. The van der Waals surface area contributed by atoms with Gasteiger partial charge < -0.3 is 15.8 Å². The third-order valence-electron chi connectivity index (χ3n) is 7.30. The molecule has 2 aliphatic carbocycles. The van der Waals surface area contributed by atoms with Crippen LogP contribution >= 0.6 is 11.6 Å². The van der Waals surface area contributed by atoms with Crippen LogP contribution in [0.1, 0.15) is 29.0 Å². The Labute approximate surface area is 210 Å². The van der Waals surface area contributed by atoms with E-state index in [0.717, 1.165) is 4.73 Å². The van der Waals surface area contributed by atoms with Crippen molar-refractivity contribution in [2.24, 2.45) is 24.8 Å². The molecule has 188 valence electrons. The molecule has 5 rings (SSSR count). The third kappa shape index (κ3) is 4.19. The standard InChI is InChI=1S/C25H24ClF2N5O3/c1-13-21(19(26)8-10-33(13)36)14-3-5-16(6-4-14)30-24(35)22(15-11-17-18(12-15)25(17,27)28)31-23(34)20-7-9-29-32(20)2/h3-10,15,17-18,22H,11-12H2,1-2H3,(H,30,35)(H,31,34)/t15?,17-,18+,22-/m0/s1. The van der Waals surface area contributed by atoms with Gasteiger partial charge in [0.25, 0.3) is 11.8 Å². The maximum absolute atomic E-state index is 13.8. The molecule has 8 nitrogen and oxygen atoms in total. The highest BCUT2D eigenvalue weighted by atomic mass is 35.5. The van der Waals surface area contributed by atoms with Gasteiger partial charge in [-0.15, -0.1) is 0 Å². The van der Waals surface area contributed by atoms with Crippen molar-refractivity contribution >= 4 is 29.1 Å². The quantitative estimate of drug-likeness (QED) is 0.386. The van der Waals surface area contributed by atoms with Crippen molar-refractivity contribution in [1.82, 2.24) is 15.1 Å². The Balaban J connectivity index is 1.34. The van der Waals surface area contributed by atoms with Gasteiger partial charge in [-0.05, 0) is 42.5 Å². The van der Waals surface area contributed by atoms with Crippen LogP contribution in [0.25, 0.3) is 11.1 Å². The second kappa shape index (κ2) is 8.85. The molecule has 1 unspecified atom stereocenters. The number of nitrogens with zero attached hydrogens (tertiary/aromatic N) is 3. The van der Waals surface area contributed by atoms with Gasteiger partial charge in [0, 0.05) is 43.8 Å². The van der Waals surface area contributed by atoms with Crippen LogP contribution in [0, 0.1) is 29.9 Å². The molecule has 3 aromatic rings. The van der Waals surface area contributed by atoms with Gasteiger partial charge in [0.2, 0.25) is 5.91 Å². The Morgan fingerprint density at radius 3 is 2.47 bits per heavy atom. The first-order valence-corrected chi connectivity index (χ1v) is 11.9. The summed E-state index contributed by atoms with van der Waals surface area (Å²) in [6.45, 7) is 1.66. The van der Waals surface area contributed by atoms with E-state index in [2.05, 4.69) is 15.7 Å². The number of alkyl halides is 2. The average Bonchev–Trinajstić information content (AvgIpc) is 3.25. The average molecular weight is 516 g/mol. The van der Waals surface area contributed by atoms with Crippen LogP contribution in [0.5, 0.6) is 0 Å². The number of hydrogen-bond acceptors (Lipinski definition) is 4. The number of benzene rings is 1. The predicted octanol–water partition coefficient (Wildman–Crippen LogP) is 3.71. The van der Waals surface area contributed by atoms with Crippen molar-refractivity contribution in [3.63, 3.8) is 0 Å². The Morgan fingerprint density at radius 1 is 1.19 bits per heavy atom. The largest absolute Gasteiger partial charge is 0.618 e. The lowest BCUT2D eigenvalue weighted by molar-refractivity contribution is -0.611. The van der Waals surface area contributed by atoms with Gasteiger partial charge in [0.1, 0.15) is 11.7 Å². The lowest BCUT2D eigenvalue weighted by Crippen LogP contribution is -2.49. The van der Waals surface area contributed by atoms with Crippen LogP contribution < -0.4 is 15.4 Å². The van der Waals surface area contributed by atoms with Gasteiger partial charge >= 0.3 is 0 Å². The second-order valence-electron chi connectivity index (χ2n) is 9.43. The summed E-state index contributed by atoms with van der Waals surface area (Å²) < 4.78 is 29.7. The minimum absolute atomic E-state index is 0.168. The fraction of sp³-hybridized carbons (Fsp3) is 0.360. The second-order valence-corrected chi connectivity index (χ2v) is 9.83. The molecule has 36 heavy (non-hydrogen) atoms. The van der Waals surface area contributed by atoms with E-state index in [1.165, 1.54) is 29.2 Å². The van der Waals surface area contributed by atoms with Gasteiger partial charge in [-0.2, -0.15) is 9.83 Å². The minimum atomic E-state index is -2.68. The van der Waals surface area contributed by atoms with E-state index in [-0.39, 0.29) is 18.5 Å². The normalized spacial score (nSPS) is 22.5. The van der Waals surface area contributed by atoms with Crippen LogP contribution in [0.2, 0.25) is 5.02 Å². The number of anilines is 1. The van der Waals surface area contributed by atoms with E-state index in [4.69, 9.17) is 11.6 Å².